The molecule has 0 fully saturated rings. The standard InChI is InChI=1S/C13H13N5O3/c1-2-6-14-12(19)8-11-15-13(17-16-11)9-4-3-5-10(7-9)18(20)21/h2-5,7H,1,6,8H2,(H,14,19)(H,15,16,17). The van der Waals surface area contributed by atoms with Crippen molar-refractivity contribution in [3.8, 4) is 11.4 Å². The fourth-order valence-corrected chi connectivity index (χ4v) is 1.66. The molecule has 8 nitrogen and oxygen atoms in total. The van der Waals surface area contributed by atoms with Gasteiger partial charge in [-0.3, -0.25) is 20.0 Å². The molecule has 0 radical (unpaired) electrons. The quantitative estimate of drug-likeness (QED) is 0.471. The van der Waals surface area contributed by atoms with E-state index in [1.165, 1.54) is 12.1 Å². The van der Waals surface area contributed by atoms with Crippen LogP contribution in [0.15, 0.2) is 36.9 Å². The summed E-state index contributed by atoms with van der Waals surface area (Å²) in [5.41, 5.74) is 0.473. The first-order valence-electron chi connectivity index (χ1n) is 6.14. The summed E-state index contributed by atoms with van der Waals surface area (Å²) in [4.78, 5) is 25.9. The molecule has 0 bridgehead atoms. The van der Waals surface area contributed by atoms with Crippen molar-refractivity contribution in [2.45, 2.75) is 6.42 Å². The molecule has 0 saturated carbocycles. The second-order valence-electron chi connectivity index (χ2n) is 4.18. The minimum atomic E-state index is -0.486. The maximum atomic E-state index is 11.5. The lowest BCUT2D eigenvalue weighted by Gasteiger charge is -1.98. The molecule has 8 heteroatoms. The first-order valence-corrected chi connectivity index (χ1v) is 6.14. The van der Waals surface area contributed by atoms with E-state index in [0.29, 0.717) is 23.8 Å². The average Bonchev–Trinajstić information content (AvgIpc) is 2.93. The first kappa shape index (κ1) is 14.4. The molecule has 2 aromatic rings. The van der Waals surface area contributed by atoms with E-state index in [1.807, 2.05) is 0 Å². The molecule has 0 saturated heterocycles. The minimum Gasteiger partial charge on any atom is -0.352 e. The highest BCUT2D eigenvalue weighted by Crippen LogP contribution is 2.20. The van der Waals surface area contributed by atoms with Gasteiger partial charge in [0.25, 0.3) is 5.69 Å². The normalized spacial score (nSPS) is 10.1. The summed E-state index contributed by atoms with van der Waals surface area (Å²) in [5.74, 6) is 0.486. The Bertz CT molecular complexity index is 680. The molecule has 1 heterocycles. The zero-order valence-electron chi connectivity index (χ0n) is 11.1. The molecular weight excluding hydrogens is 274 g/mol. The molecule has 0 aliphatic rings. The van der Waals surface area contributed by atoms with Crippen LogP contribution in [-0.4, -0.2) is 32.6 Å². The number of nitrogens with one attached hydrogen (secondary N) is 2. The number of aromatic amines is 1. The lowest BCUT2D eigenvalue weighted by Crippen LogP contribution is -2.25. The number of aromatic nitrogens is 3. The number of hydrogen-bond donors (Lipinski definition) is 2. The number of carbonyl (C=O) groups excluding carboxylic acids is 1. The van der Waals surface area contributed by atoms with Crippen LogP contribution in [0.2, 0.25) is 0 Å². The van der Waals surface area contributed by atoms with Crippen molar-refractivity contribution in [3.63, 3.8) is 0 Å². The zero-order valence-corrected chi connectivity index (χ0v) is 11.1. The number of nitro benzene ring substituents is 1. The Hall–Kier alpha value is -3.03. The zero-order chi connectivity index (χ0) is 15.2. The van der Waals surface area contributed by atoms with Gasteiger partial charge < -0.3 is 5.32 Å². The lowest BCUT2D eigenvalue weighted by atomic mass is 10.2. The molecule has 21 heavy (non-hydrogen) atoms. The highest BCUT2D eigenvalue weighted by molar-refractivity contribution is 5.78. The van der Waals surface area contributed by atoms with Crippen molar-refractivity contribution in [1.29, 1.82) is 0 Å². The SMILES string of the molecule is C=CCNC(=O)Cc1nc(-c2cccc([N+](=O)[O-])c2)n[nH]1. The number of carbonyl (C=O) groups is 1. The summed E-state index contributed by atoms with van der Waals surface area (Å²) in [6, 6.07) is 5.99. The van der Waals surface area contributed by atoms with Crippen LogP contribution in [0.5, 0.6) is 0 Å². The van der Waals surface area contributed by atoms with E-state index in [1.54, 1.807) is 18.2 Å². The van der Waals surface area contributed by atoms with Gasteiger partial charge in [-0.05, 0) is 0 Å². The third kappa shape index (κ3) is 3.72. The minimum absolute atomic E-state index is 0.0393. The topological polar surface area (TPSA) is 114 Å². The predicted molar refractivity (Wildman–Crippen MR) is 75.4 cm³/mol. The summed E-state index contributed by atoms with van der Waals surface area (Å²) in [6.07, 6.45) is 1.63. The Morgan fingerprint density at radius 1 is 1.52 bits per heavy atom. The smallest absolute Gasteiger partial charge is 0.270 e. The molecule has 1 aromatic carbocycles. The second kappa shape index (κ2) is 6.42. The van der Waals surface area contributed by atoms with E-state index in [4.69, 9.17) is 0 Å². The lowest BCUT2D eigenvalue weighted by molar-refractivity contribution is -0.384. The fraction of sp³-hybridized carbons (Fsp3) is 0.154. The van der Waals surface area contributed by atoms with Crippen LogP contribution in [0.3, 0.4) is 0 Å². The number of rotatable bonds is 6. The van der Waals surface area contributed by atoms with Crippen molar-refractivity contribution < 1.29 is 9.72 Å². The molecule has 2 rings (SSSR count). The number of benzene rings is 1. The van der Waals surface area contributed by atoms with E-state index < -0.39 is 4.92 Å². The van der Waals surface area contributed by atoms with Crippen LogP contribution in [0, 0.1) is 10.1 Å². The third-order valence-corrected chi connectivity index (χ3v) is 2.62. The van der Waals surface area contributed by atoms with E-state index >= 15 is 0 Å². The summed E-state index contributed by atoms with van der Waals surface area (Å²) in [7, 11) is 0. The molecule has 2 N–H and O–H groups in total. The molecule has 0 aliphatic carbocycles. The number of amides is 1. The Balaban J connectivity index is 2.12. The van der Waals surface area contributed by atoms with Crippen molar-refractivity contribution in [3.05, 3.63) is 52.9 Å². The Morgan fingerprint density at radius 2 is 2.33 bits per heavy atom. The van der Waals surface area contributed by atoms with Crippen molar-refractivity contribution >= 4 is 11.6 Å². The number of nitro groups is 1. The molecule has 0 unspecified atom stereocenters. The van der Waals surface area contributed by atoms with E-state index in [-0.39, 0.29) is 18.0 Å². The van der Waals surface area contributed by atoms with Gasteiger partial charge in [-0.2, -0.15) is 5.10 Å². The van der Waals surface area contributed by atoms with Gasteiger partial charge in [0.1, 0.15) is 5.82 Å². The maximum Gasteiger partial charge on any atom is 0.270 e. The van der Waals surface area contributed by atoms with Gasteiger partial charge in [-0.25, -0.2) is 4.98 Å². The summed E-state index contributed by atoms with van der Waals surface area (Å²) >= 11 is 0. The highest BCUT2D eigenvalue weighted by Gasteiger charge is 2.12. The van der Waals surface area contributed by atoms with Crippen LogP contribution >= 0.6 is 0 Å². The largest absolute Gasteiger partial charge is 0.352 e. The van der Waals surface area contributed by atoms with Gasteiger partial charge in [-0.15, -0.1) is 6.58 Å². The van der Waals surface area contributed by atoms with Crippen LogP contribution in [0.4, 0.5) is 5.69 Å². The van der Waals surface area contributed by atoms with Gasteiger partial charge in [0.05, 0.1) is 11.3 Å². The van der Waals surface area contributed by atoms with Gasteiger partial charge >= 0.3 is 0 Å². The second-order valence-corrected chi connectivity index (χ2v) is 4.18. The van der Waals surface area contributed by atoms with Crippen LogP contribution in [0.25, 0.3) is 11.4 Å². The van der Waals surface area contributed by atoms with Gasteiger partial charge in [0.15, 0.2) is 5.82 Å². The van der Waals surface area contributed by atoms with Gasteiger partial charge in [0, 0.05) is 24.2 Å². The molecule has 1 aromatic heterocycles. The predicted octanol–water partition coefficient (Wildman–Crippen LogP) is 1.22. The van der Waals surface area contributed by atoms with Crippen LogP contribution < -0.4 is 5.32 Å². The summed E-state index contributed by atoms with van der Waals surface area (Å²) < 4.78 is 0. The maximum absolute atomic E-state index is 11.5. The number of hydrogen-bond acceptors (Lipinski definition) is 5. The average molecular weight is 287 g/mol. The summed E-state index contributed by atoms with van der Waals surface area (Å²) in [6.45, 7) is 3.88. The third-order valence-electron chi connectivity index (χ3n) is 2.62. The van der Waals surface area contributed by atoms with E-state index in [0.717, 1.165) is 0 Å². The Morgan fingerprint density at radius 3 is 3.05 bits per heavy atom. The highest BCUT2D eigenvalue weighted by atomic mass is 16.6. The molecular formula is C13H13N5O3. The number of H-pyrrole nitrogens is 1. The molecule has 0 aliphatic heterocycles. The molecule has 0 spiro atoms. The molecule has 0 atom stereocenters. The monoisotopic (exact) mass is 287 g/mol. The Labute approximate surface area is 120 Å². The first-order chi connectivity index (χ1) is 10.1. The van der Waals surface area contributed by atoms with Crippen molar-refractivity contribution in [2.75, 3.05) is 6.54 Å². The molecule has 108 valence electrons. The van der Waals surface area contributed by atoms with E-state index in [2.05, 4.69) is 27.1 Å². The fourth-order valence-electron chi connectivity index (χ4n) is 1.66. The molecule has 1 amide bonds. The number of nitrogens with zero attached hydrogens (tertiary/aromatic N) is 3. The number of non-ortho nitro benzene ring substituents is 1. The summed E-state index contributed by atoms with van der Waals surface area (Å²) in [5, 5.41) is 20.0. The van der Waals surface area contributed by atoms with Gasteiger partial charge in [0.2, 0.25) is 5.91 Å². The van der Waals surface area contributed by atoms with Crippen molar-refractivity contribution in [1.82, 2.24) is 20.5 Å². The van der Waals surface area contributed by atoms with Crippen LogP contribution in [0.1, 0.15) is 5.82 Å². The van der Waals surface area contributed by atoms with Crippen molar-refractivity contribution in [2.24, 2.45) is 0 Å². The van der Waals surface area contributed by atoms with Gasteiger partial charge in [-0.1, -0.05) is 18.2 Å². The van der Waals surface area contributed by atoms with E-state index in [9.17, 15) is 14.9 Å². The van der Waals surface area contributed by atoms with Crippen LogP contribution in [-0.2, 0) is 11.2 Å². The Kier molecular flexibility index (Phi) is 4.39.